The molecule has 1 rings (SSSR count). The molecule has 0 aliphatic heterocycles. The molecular weight excluding hydrogens is 318 g/mol. The molecule has 0 radical (unpaired) electrons. The molecule has 2 atom stereocenters. The second-order valence-corrected chi connectivity index (χ2v) is 7.92. The summed E-state index contributed by atoms with van der Waals surface area (Å²) in [5.74, 6) is 0. The van der Waals surface area contributed by atoms with E-state index < -0.39 is 33.1 Å². The molecule has 1 aromatic rings. The summed E-state index contributed by atoms with van der Waals surface area (Å²) < 4.78 is 23.7. The number of imidazole rings is 1. The van der Waals surface area contributed by atoms with Gasteiger partial charge in [-0.15, -0.1) is 0 Å². The van der Waals surface area contributed by atoms with Gasteiger partial charge in [0.15, 0.2) is 19.0 Å². The Bertz CT molecular complexity index is 536. The van der Waals surface area contributed by atoms with Crippen LogP contribution in [0.5, 0.6) is 0 Å². The van der Waals surface area contributed by atoms with Crippen LogP contribution in [0.1, 0.15) is 0 Å². The standard InChI is InChI=1S/C7H14N2O9P2/c10-6(11)3-8-1-2-9(5-8)4-7(12,19(13,14)15)20(16,17)18/h1-2,5-6,10-12H,3-4H2,(H3-,13,14,15,16,17,18)/p-2. The van der Waals surface area contributed by atoms with Crippen LogP contribution >= 0.6 is 15.2 Å². The highest BCUT2D eigenvalue weighted by Crippen LogP contribution is 2.61. The van der Waals surface area contributed by atoms with Gasteiger partial charge in [0, 0.05) is 0 Å². The summed E-state index contributed by atoms with van der Waals surface area (Å²) in [5, 5.41) is 23.0. The van der Waals surface area contributed by atoms with Gasteiger partial charge in [-0.1, -0.05) is 0 Å². The van der Waals surface area contributed by atoms with E-state index in [0.29, 0.717) is 0 Å². The second kappa shape index (κ2) is 5.64. The van der Waals surface area contributed by atoms with E-state index in [-0.39, 0.29) is 6.54 Å². The molecule has 0 amide bonds. The lowest BCUT2D eigenvalue weighted by atomic mass is 10.6. The van der Waals surface area contributed by atoms with Gasteiger partial charge in [-0.25, -0.2) is 9.13 Å². The Balaban J connectivity index is 3.07. The molecule has 0 aliphatic carbocycles. The van der Waals surface area contributed by atoms with Gasteiger partial charge in [-0.2, -0.15) is 0 Å². The molecule has 0 aliphatic rings. The van der Waals surface area contributed by atoms with Gasteiger partial charge in [0.05, 0.1) is 0 Å². The number of hydrogen-bond donors (Lipinski definition) is 4. The van der Waals surface area contributed by atoms with Crippen molar-refractivity contribution in [1.82, 2.24) is 4.57 Å². The maximum Gasteiger partial charge on any atom is 0.244 e. The summed E-state index contributed by atoms with van der Waals surface area (Å²) in [6.45, 7) is -1.57. The van der Waals surface area contributed by atoms with Gasteiger partial charge in [0.25, 0.3) is 0 Å². The highest BCUT2D eigenvalue weighted by Gasteiger charge is 2.44. The third kappa shape index (κ3) is 3.73. The van der Waals surface area contributed by atoms with Crippen molar-refractivity contribution in [2.45, 2.75) is 24.5 Å². The van der Waals surface area contributed by atoms with Crippen LogP contribution in [0.2, 0.25) is 0 Å². The van der Waals surface area contributed by atoms with E-state index in [2.05, 4.69) is 0 Å². The van der Waals surface area contributed by atoms with Crippen molar-refractivity contribution in [3.05, 3.63) is 18.7 Å². The maximum atomic E-state index is 10.9. The summed E-state index contributed by atoms with van der Waals surface area (Å²) in [7, 11) is -12.0. The van der Waals surface area contributed by atoms with E-state index in [1.54, 1.807) is 0 Å². The molecule has 0 bridgehead atoms. The van der Waals surface area contributed by atoms with Crippen molar-refractivity contribution < 1.29 is 48.6 Å². The zero-order valence-corrected chi connectivity index (χ0v) is 11.6. The molecular formula is C7H12N2O9P2-2. The predicted octanol–water partition coefficient (Wildman–Crippen LogP) is -4.81. The van der Waals surface area contributed by atoms with E-state index >= 15 is 0 Å². The molecule has 4 N–H and O–H groups in total. The van der Waals surface area contributed by atoms with Crippen LogP contribution < -0.4 is 19.2 Å². The number of aliphatic hydroxyl groups is 3. The molecule has 116 valence electrons. The largest absolute Gasteiger partial charge is 0.808 e. The quantitative estimate of drug-likeness (QED) is 0.225. The molecule has 0 saturated heterocycles. The molecule has 1 heterocycles. The van der Waals surface area contributed by atoms with E-state index in [9.17, 15) is 28.9 Å². The number of nitrogens with zero attached hydrogens (tertiary/aromatic N) is 2. The smallest absolute Gasteiger partial charge is 0.244 e. The zero-order chi connectivity index (χ0) is 15.8. The fourth-order valence-corrected chi connectivity index (χ4v) is 3.32. The lowest BCUT2D eigenvalue weighted by molar-refractivity contribution is -0.704. The summed E-state index contributed by atoms with van der Waals surface area (Å²) in [5.41, 5.74) is 0. The van der Waals surface area contributed by atoms with Crippen LogP contribution in [-0.2, 0) is 22.2 Å². The Morgan fingerprint density at radius 2 is 1.85 bits per heavy atom. The molecule has 1 aromatic heterocycles. The summed E-state index contributed by atoms with van der Waals surface area (Å²) in [4.78, 5) is 41.5. The van der Waals surface area contributed by atoms with Crippen LogP contribution in [0.25, 0.3) is 0 Å². The average Bonchev–Trinajstić information content (AvgIpc) is 2.60. The van der Waals surface area contributed by atoms with Crippen LogP contribution in [-0.4, -0.2) is 36.2 Å². The highest BCUT2D eigenvalue weighted by molar-refractivity contribution is 7.69. The minimum absolute atomic E-state index is 0.313. The fraction of sp³-hybridized carbons (Fsp3) is 0.571. The molecule has 0 saturated carbocycles. The summed E-state index contributed by atoms with van der Waals surface area (Å²) in [6.07, 6.45) is 1.56. The van der Waals surface area contributed by atoms with Crippen LogP contribution in [0.3, 0.4) is 0 Å². The third-order valence-electron chi connectivity index (χ3n) is 2.41. The van der Waals surface area contributed by atoms with Crippen LogP contribution in [0.4, 0.5) is 0 Å². The van der Waals surface area contributed by atoms with Crippen molar-refractivity contribution in [1.29, 1.82) is 0 Å². The lowest BCUT2D eigenvalue weighted by Crippen LogP contribution is -2.52. The molecule has 11 nitrogen and oxygen atoms in total. The fourth-order valence-electron chi connectivity index (χ4n) is 1.40. The maximum absolute atomic E-state index is 10.9. The molecule has 20 heavy (non-hydrogen) atoms. The zero-order valence-electron chi connectivity index (χ0n) is 9.84. The lowest BCUT2D eigenvalue weighted by Gasteiger charge is -2.48. The Kier molecular flexibility index (Phi) is 4.92. The van der Waals surface area contributed by atoms with E-state index in [0.717, 1.165) is 21.7 Å². The monoisotopic (exact) mass is 330 g/mol. The average molecular weight is 330 g/mol. The molecule has 13 heteroatoms. The van der Waals surface area contributed by atoms with Crippen molar-refractivity contribution in [3.63, 3.8) is 0 Å². The van der Waals surface area contributed by atoms with Gasteiger partial charge in [0.2, 0.25) is 6.33 Å². The predicted molar refractivity (Wildman–Crippen MR) is 55.2 cm³/mol. The number of aliphatic hydroxyl groups excluding tert-OH is 1. The third-order valence-corrected chi connectivity index (χ3v) is 5.96. The SMILES string of the molecule is O=P([O-])([O-])C(O)(C[n+]1ccn(CC(O)O)c1)P(=O)([O-])O. The topological polar surface area (TPSA) is 193 Å². The number of rotatable bonds is 6. The minimum atomic E-state index is -6.09. The number of aromatic nitrogens is 2. The first kappa shape index (κ1) is 17.4. The second-order valence-electron chi connectivity index (χ2n) is 4.06. The van der Waals surface area contributed by atoms with Crippen molar-refractivity contribution in [2.75, 3.05) is 0 Å². The van der Waals surface area contributed by atoms with Crippen molar-refractivity contribution in [2.24, 2.45) is 0 Å². The molecule has 0 spiro atoms. The Hall–Kier alpha value is -0.610. The van der Waals surface area contributed by atoms with E-state index in [1.165, 1.54) is 6.20 Å². The van der Waals surface area contributed by atoms with Gasteiger partial charge in [-0.05, 0) is 7.60 Å². The first-order valence-corrected chi connectivity index (χ1v) is 8.18. The van der Waals surface area contributed by atoms with E-state index in [1.807, 2.05) is 0 Å². The van der Waals surface area contributed by atoms with Gasteiger partial charge in [0.1, 0.15) is 25.5 Å². The Morgan fingerprint density at radius 3 is 2.25 bits per heavy atom. The first-order chi connectivity index (χ1) is 8.87. The Labute approximate surface area is 112 Å². The molecule has 0 aromatic carbocycles. The minimum Gasteiger partial charge on any atom is -0.808 e. The first-order valence-electron chi connectivity index (χ1n) is 5.06. The van der Waals surface area contributed by atoms with Crippen LogP contribution in [0, 0.1) is 0 Å². The van der Waals surface area contributed by atoms with Gasteiger partial charge in [-0.3, -0.25) is 0 Å². The van der Waals surface area contributed by atoms with Gasteiger partial charge >= 0.3 is 0 Å². The number of hydrogen-bond acceptors (Lipinski definition) is 8. The normalized spacial score (nSPS) is 18.8. The Morgan fingerprint density at radius 1 is 1.30 bits per heavy atom. The van der Waals surface area contributed by atoms with E-state index in [4.69, 9.17) is 15.1 Å². The van der Waals surface area contributed by atoms with Gasteiger partial charge < -0.3 is 44.0 Å². The summed E-state index contributed by atoms with van der Waals surface area (Å²) in [6, 6.07) is 0. The highest BCUT2D eigenvalue weighted by atomic mass is 31.2. The van der Waals surface area contributed by atoms with Crippen molar-refractivity contribution >= 4 is 15.2 Å². The van der Waals surface area contributed by atoms with Crippen molar-refractivity contribution in [3.8, 4) is 0 Å². The summed E-state index contributed by atoms with van der Waals surface area (Å²) >= 11 is 0. The molecule has 2 unspecified atom stereocenters. The molecule has 0 fully saturated rings. The van der Waals surface area contributed by atoms with Crippen LogP contribution in [0.15, 0.2) is 18.7 Å².